The van der Waals surface area contributed by atoms with Gasteiger partial charge in [0.1, 0.15) is 11.5 Å². The summed E-state index contributed by atoms with van der Waals surface area (Å²) in [6, 6.07) is 91.3. The number of nitrogens with zero attached hydrogens (tertiary/aromatic N) is 3. The van der Waals surface area contributed by atoms with E-state index in [9.17, 15) is 0 Å². The van der Waals surface area contributed by atoms with Crippen LogP contribution in [0.25, 0.3) is 72.0 Å². The van der Waals surface area contributed by atoms with Gasteiger partial charge in [-0.2, -0.15) is 0 Å². The summed E-state index contributed by atoms with van der Waals surface area (Å²) in [5.41, 5.74) is 26.2. The Balaban J connectivity index is 0.984. The predicted molar refractivity (Wildman–Crippen MR) is 364 cm³/mol. The fourth-order valence-electron chi connectivity index (χ4n) is 14.5. The van der Waals surface area contributed by atoms with Gasteiger partial charge in [-0.3, -0.25) is 0 Å². The molecular weight excluding hydrogens is 1040 g/mol. The predicted octanol–water partition coefficient (Wildman–Crippen LogP) is 19.6. The first-order valence-electron chi connectivity index (χ1n) is 30.9. The maximum atomic E-state index is 7.58. The normalized spacial score (nSPS) is 15.3. The Morgan fingerprint density at radius 3 is 1.69 bits per heavy atom. The Morgan fingerprint density at radius 1 is 0.465 bits per heavy atom. The maximum Gasteiger partial charge on any atom is 0.256 e. The van der Waals surface area contributed by atoms with Crippen molar-refractivity contribution in [2.24, 2.45) is 0 Å². The number of benzene rings is 11. The smallest absolute Gasteiger partial charge is 0.256 e. The number of hydrogen-bond donors (Lipinski definition) is 0. The third-order valence-corrected chi connectivity index (χ3v) is 18.8. The summed E-state index contributed by atoms with van der Waals surface area (Å²) in [5, 5.41) is 2.48. The van der Waals surface area contributed by atoms with E-state index < -0.39 is 0 Å². The molecule has 1 aliphatic carbocycles. The lowest BCUT2D eigenvalue weighted by molar-refractivity contribution is 0.486. The second-order valence-electron chi connectivity index (χ2n) is 25.0. The molecule has 4 heterocycles. The van der Waals surface area contributed by atoms with Crippen molar-refractivity contribution in [3.05, 3.63) is 284 Å². The van der Waals surface area contributed by atoms with Crippen molar-refractivity contribution < 1.29 is 4.74 Å². The molecule has 0 bridgehead atoms. The summed E-state index contributed by atoms with van der Waals surface area (Å²) < 4.78 is 9.99. The number of anilines is 5. The third kappa shape index (κ3) is 8.58. The zero-order valence-corrected chi connectivity index (χ0v) is 49.2. The second-order valence-corrected chi connectivity index (χ2v) is 25.0. The lowest BCUT2D eigenvalue weighted by Gasteiger charge is -2.43. The van der Waals surface area contributed by atoms with Gasteiger partial charge in [0.15, 0.2) is 0 Å². The molecule has 0 spiro atoms. The van der Waals surface area contributed by atoms with Crippen LogP contribution >= 0.6 is 0 Å². The molecule has 0 saturated carbocycles. The zero-order chi connectivity index (χ0) is 57.6. The van der Waals surface area contributed by atoms with Crippen LogP contribution in [0.3, 0.4) is 0 Å². The molecule has 0 radical (unpaired) electrons. The number of hydrogen-bond acceptors (Lipinski definition) is 3. The van der Waals surface area contributed by atoms with Crippen LogP contribution in [0.1, 0.15) is 69.6 Å². The molecule has 0 fully saturated rings. The molecule has 3 aliphatic heterocycles. The lowest BCUT2D eigenvalue weighted by Crippen LogP contribution is -2.59. The Morgan fingerprint density at radius 2 is 1.03 bits per heavy atom. The summed E-state index contributed by atoms with van der Waals surface area (Å²) in [7, 11) is 0. The molecule has 16 rings (SSSR count). The van der Waals surface area contributed by atoms with Crippen molar-refractivity contribution in [2.45, 2.75) is 70.8 Å². The molecule has 414 valence electrons. The first-order chi connectivity index (χ1) is 42.3. The fourth-order valence-corrected chi connectivity index (χ4v) is 14.5. The molecule has 0 saturated heterocycles. The highest BCUT2D eigenvalue weighted by Gasteiger charge is 2.45. The van der Waals surface area contributed by atoms with Gasteiger partial charge in [0.05, 0.1) is 22.8 Å². The SMILES string of the molecule is CCCCCc1cc2c3c(c1)N(c1c(-c4ccc(-c5ccccc5)cc4)cc(C(C)(C)C)cc1-c1ccc(-c4ccccc4)cc1)c1cc(N4c5ccccc5C5C=CC=CC54)ccc1B3c1ccc(-n3c4ccccc4c4ccccc43)cc1O2. The van der Waals surface area contributed by atoms with Crippen LogP contribution in [-0.4, -0.2) is 17.3 Å². The van der Waals surface area contributed by atoms with E-state index in [4.69, 9.17) is 4.74 Å². The zero-order valence-electron chi connectivity index (χ0n) is 49.2. The van der Waals surface area contributed by atoms with E-state index in [-0.39, 0.29) is 24.1 Å². The molecule has 11 aromatic carbocycles. The highest BCUT2D eigenvalue weighted by Crippen LogP contribution is 2.54. The minimum atomic E-state index is -0.177. The summed E-state index contributed by atoms with van der Waals surface area (Å²) in [6.07, 6.45) is 13.6. The van der Waals surface area contributed by atoms with Crippen LogP contribution in [0.15, 0.2) is 267 Å². The average Bonchev–Trinajstić information content (AvgIpc) is 0.843. The molecule has 2 unspecified atom stereocenters. The first-order valence-corrected chi connectivity index (χ1v) is 30.9. The molecule has 2 atom stereocenters. The van der Waals surface area contributed by atoms with Gasteiger partial charge in [-0.15, -0.1) is 0 Å². The van der Waals surface area contributed by atoms with Crippen LogP contribution in [0.5, 0.6) is 11.5 Å². The summed E-state index contributed by atoms with van der Waals surface area (Å²) in [5.74, 6) is 2.06. The first kappa shape index (κ1) is 51.8. The Hall–Kier alpha value is -9.84. The molecule has 86 heavy (non-hydrogen) atoms. The fraction of sp³-hybridized carbons (Fsp3) is 0.136. The minimum absolute atomic E-state index is 0.128. The molecule has 4 nitrogen and oxygen atoms in total. The number of aromatic nitrogens is 1. The van der Waals surface area contributed by atoms with E-state index in [0.29, 0.717) is 0 Å². The van der Waals surface area contributed by atoms with Crippen molar-refractivity contribution in [1.29, 1.82) is 0 Å². The number of para-hydroxylation sites is 3. The topological polar surface area (TPSA) is 20.6 Å². The molecular formula is C81H66BN3O. The molecule has 4 aliphatic rings. The van der Waals surface area contributed by atoms with Crippen LogP contribution in [0.2, 0.25) is 0 Å². The highest BCUT2D eigenvalue weighted by molar-refractivity contribution is 6.99. The van der Waals surface area contributed by atoms with Crippen molar-refractivity contribution in [2.75, 3.05) is 9.80 Å². The second kappa shape index (κ2) is 20.7. The van der Waals surface area contributed by atoms with E-state index in [1.165, 1.54) is 105 Å². The van der Waals surface area contributed by atoms with Crippen molar-refractivity contribution in [3.63, 3.8) is 0 Å². The minimum Gasteiger partial charge on any atom is -0.458 e. The van der Waals surface area contributed by atoms with Gasteiger partial charge in [0.2, 0.25) is 0 Å². The van der Waals surface area contributed by atoms with Crippen molar-refractivity contribution in [1.82, 2.24) is 4.57 Å². The number of ether oxygens (including phenoxy) is 1. The Labute approximate surface area is 505 Å². The van der Waals surface area contributed by atoms with E-state index >= 15 is 0 Å². The lowest BCUT2D eigenvalue weighted by atomic mass is 9.34. The number of allylic oxidation sites excluding steroid dienone is 2. The summed E-state index contributed by atoms with van der Waals surface area (Å²) in [6.45, 7) is 9.23. The molecule has 0 N–H and O–H groups in total. The summed E-state index contributed by atoms with van der Waals surface area (Å²) >= 11 is 0. The van der Waals surface area contributed by atoms with Crippen LogP contribution in [0, 0.1) is 0 Å². The molecule has 12 aromatic rings. The van der Waals surface area contributed by atoms with E-state index in [1.54, 1.807) is 0 Å². The quantitative estimate of drug-likeness (QED) is 0.0951. The van der Waals surface area contributed by atoms with Crippen molar-refractivity contribution >= 4 is 73.3 Å². The van der Waals surface area contributed by atoms with Crippen LogP contribution in [0.4, 0.5) is 28.4 Å². The number of rotatable bonds is 11. The van der Waals surface area contributed by atoms with E-state index in [0.717, 1.165) is 65.4 Å². The van der Waals surface area contributed by atoms with Gasteiger partial charge in [0.25, 0.3) is 6.71 Å². The van der Waals surface area contributed by atoms with Crippen LogP contribution < -0.4 is 30.9 Å². The van der Waals surface area contributed by atoms with E-state index in [2.05, 4.69) is 309 Å². The van der Waals surface area contributed by atoms with Crippen molar-refractivity contribution in [3.8, 4) is 61.7 Å². The highest BCUT2D eigenvalue weighted by atomic mass is 16.5. The largest absolute Gasteiger partial charge is 0.458 e. The number of unbranched alkanes of at least 4 members (excludes halogenated alkanes) is 2. The number of aryl methyl sites for hydroxylation is 1. The molecule has 0 amide bonds. The van der Waals surface area contributed by atoms with Gasteiger partial charge >= 0.3 is 0 Å². The van der Waals surface area contributed by atoms with Gasteiger partial charge in [-0.25, -0.2) is 0 Å². The standard InChI is InChI=1S/C81H66BN3O/c1-5-6-9-22-53-47-76-79-78(48-53)86-77-52-62(84-73-33-20-16-29-65(73)66-30-17-21-34-74(66)84)44-46-70(77)82(79)69-45-43-61(83-71-31-18-14-27-63(71)64-28-15-19-32-72(64)83)51-75(69)85(76)80-67(58-39-35-56(36-40-58)54-23-10-7-11-24-54)49-60(81(2,3)4)50-68(80)59-41-37-57(38-42-59)55-25-12-8-13-26-55/h7-8,10-21,23-52,63,71H,5-6,9,22H2,1-4H3. The van der Waals surface area contributed by atoms with E-state index in [1.807, 2.05) is 0 Å². The number of fused-ring (bicyclic) bond motifs is 10. The monoisotopic (exact) mass is 1110 g/mol. The van der Waals surface area contributed by atoms with Gasteiger partial charge < -0.3 is 19.1 Å². The van der Waals surface area contributed by atoms with Gasteiger partial charge in [-0.05, 0) is 145 Å². The van der Waals surface area contributed by atoms with Crippen LogP contribution in [-0.2, 0) is 11.8 Å². The Bertz CT molecular complexity index is 4530. The summed E-state index contributed by atoms with van der Waals surface area (Å²) in [4.78, 5) is 5.29. The van der Waals surface area contributed by atoms with Gasteiger partial charge in [-0.1, -0.05) is 241 Å². The molecule has 1 aromatic heterocycles. The van der Waals surface area contributed by atoms with Gasteiger partial charge in [0, 0.05) is 62.3 Å². The Kier molecular flexibility index (Phi) is 12.5. The third-order valence-electron chi connectivity index (χ3n) is 18.8. The molecule has 5 heteroatoms. The maximum absolute atomic E-state index is 7.58. The average molecular weight is 1110 g/mol.